The highest BCUT2D eigenvalue weighted by atomic mass is 127. The molecule has 7 nitrogen and oxygen atoms in total. The third-order valence-electron chi connectivity index (χ3n) is 5.06. The largest absolute Gasteiger partial charge is 0.376 e. The molecule has 0 aromatic heterocycles. The van der Waals surface area contributed by atoms with Crippen molar-refractivity contribution in [2.24, 2.45) is 4.99 Å². The summed E-state index contributed by atoms with van der Waals surface area (Å²) in [5, 5.41) is 6.92. The van der Waals surface area contributed by atoms with Gasteiger partial charge in [-0.2, -0.15) is 0 Å². The first-order valence-corrected chi connectivity index (χ1v) is 10.2. The minimum absolute atomic E-state index is 0. The summed E-state index contributed by atoms with van der Waals surface area (Å²) in [6.45, 7) is 10.9. The molecule has 1 atom stereocenters. The molecule has 1 amide bonds. The van der Waals surface area contributed by atoms with Crippen molar-refractivity contribution in [1.82, 2.24) is 20.4 Å². The topological polar surface area (TPSA) is 69.2 Å². The molecule has 2 aliphatic rings. The average molecular weight is 507 g/mol. The number of halogens is 1. The molecule has 0 radical (unpaired) electrons. The zero-order chi connectivity index (χ0) is 19.6. The molecule has 0 bridgehead atoms. The maximum atomic E-state index is 11.9. The normalized spacial score (nSPS) is 21.5. The van der Waals surface area contributed by atoms with Crippen LogP contribution in [-0.4, -0.2) is 87.2 Å². The van der Waals surface area contributed by atoms with Crippen molar-refractivity contribution in [2.75, 3.05) is 53.4 Å². The van der Waals surface area contributed by atoms with E-state index in [4.69, 9.17) is 4.74 Å². The second kappa shape index (κ2) is 13.4. The molecule has 0 aromatic carbocycles. The summed E-state index contributed by atoms with van der Waals surface area (Å²) in [6, 6.07) is 0.374. The maximum absolute atomic E-state index is 11.9. The van der Waals surface area contributed by atoms with Crippen LogP contribution in [0.25, 0.3) is 0 Å². The summed E-state index contributed by atoms with van der Waals surface area (Å²) in [7, 11) is 3.51. The molecule has 28 heavy (non-hydrogen) atoms. The number of hydrogen-bond donors (Lipinski definition) is 2. The van der Waals surface area contributed by atoms with E-state index in [0.29, 0.717) is 6.04 Å². The van der Waals surface area contributed by atoms with Gasteiger partial charge in [0, 0.05) is 52.9 Å². The van der Waals surface area contributed by atoms with Gasteiger partial charge in [0.25, 0.3) is 0 Å². The summed E-state index contributed by atoms with van der Waals surface area (Å²) >= 11 is 0. The highest BCUT2D eigenvalue weighted by Crippen LogP contribution is 2.13. The van der Waals surface area contributed by atoms with Gasteiger partial charge in [-0.25, -0.2) is 4.99 Å². The lowest BCUT2D eigenvalue weighted by molar-refractivity contribution is -0.127. The third kappa shape index (κ3) is 9.56. The minimum Gasteiger partial charge on any atom is -0.376 e. The Morgan fingerprint density at radius 1 is 1.25 bits per heavy atom. The number of likely N-dealkylation sites (N-methyl/N-ethyl adjacent to an activating group) is 1. The number of likely N-dealkylation sites (tertiary alicyclic amines) is 1. The van der Waals surface area contributed by atoms with Crippen LogP contribution in [0.2, 0.25) is 0 Å². The summed E-state index contributed by atoms with van der Waals surface area (Å²) in [5.41, 5.74) is 1.21. The van der Waals surface area contributed by atoms with Crippen LogP contribution in [0.5, 0.6) is 0 Å². The van der Waals surface area contributed by atoms with E-state index >= 15 is 0 Å². The Kier molecular flexibility index (Phi) is 12.0. The molecule has 2 rings (SSSR count). The number of nitrogens with one attached hydrogen (secondary N) is 2. The number of aliphatic imine (C=N–C) groups is 1. The number of guanidine groups is 1. The minimum atomic E-state index is 0. The maximum Gasteiger partial charge on any atom is 0.243 e. The van der Waals surface area contributed by atoms with Crippen LogP contribution >= 0.6 is 24.0 Å². The van der Waals surface area contributed by atoms with Crippen molar-refractivity contribution in [3.63, 3.8) is 0 Å². The molecule has 1 unspecified atom stereocenters. The number of hydrogen-bond acceptors (Lipinski definition) is 4. The quantitative estimate of drug-likeness (QED) is 0.238. The molecule has 0 aliphatic carbocycles. The van der Waals surface area contributed by atoms with Gasteiger partial charge in [-0.05, 0) is 39.0 Å². The van der Waals surface area contributed by atoms with Crippen LogP contribution in [0.4, 0.5) is 0 Å². The molecule has 2 fully saturated rings. The Bertz CT molecular complexity index is 513. The number of piperidine rings is 1. The van der Waals surface area contributed by atoms with Crippen LogP contribution in [-0.2, 0) is 9.53 Å². The Morgan fingerprint density at radius 2 is 1.96 bits per heavy atom. The molecular weight excluding hydrogens is 469 g/mol. The van der Waals surface area contributed by atoms with E-state index in [0.717, 1.165) is 64.4 Å². The molecular formula is C20H38IN5O2. The Balaban J connectivity index is 0.00000392. The average Bonchev–Trinajstić information content (AvgIpc) is 2.65. The standard InChI is InChI=1S/C20H37N5O2.HI/c1-16(2)15-25-10-8-17(9-11-25)23-20(22-14-19(26)24(3)4)21-13-18-7-5-6-12-27-18;/h17-18H,1,5-15H2,2-4H3,(H2,21,22,23);1H. The van der Waals surface area contributed by atoms with Crippen LogP contribution in [0.3, 0.4) is 0 Å². The lowest BCUT2D eigenvalue weighted by Crippen LogP contribution is -2.50. The zero-order valence-corrected chi connectivity index (χ0v) is 20.0. The Labute approximate surface area is 187 Å². The molecule has 2 aliphatic heterocycles. The molecule has 2 saturated heterocycles. The van der Waals surface area contributed by atoms with Gasteiger partial charge in [0.2, 0.25) is 5.91 Å². The van der Waals surface area contributed by atoms with Crippen LogP contribution in [0, 0.1) is 0 Å². The van der Waals surface area contributed by atoms with E-state index in [1.54, 1.807) is 19.0 Å². The van der Waals surface area contributed by atoms with E-state index in [9.17, 15) is 4.79 Å². The van der Waals surface area contributed by atoms with Crippen LogP contribution in [0.1, 0.15) is 39.0 Å². The first-order valence-electron chi connectivity index (χ1n) is 10.2. The number of rotatable bonds is 7. The predicted molar refractivity (Wildman–Crippen MR) is 125 cm³/mol. The van der Waals surface area contributed by atoms with Gasteiger partial charge in [-0.15, -0.1) is 24.0 Å². The monoisotopic (exact) mass is 507 g/mol. The van der Waals surface area contributed by atoms with E-state index < -0.39 is 0 Å². The highest BCUT2D eigenvalue weighted by molar-refractivity contribution is 14.0. The fourth-order valence-electron chi connectivity index (χ4n) is 3.43. The molecule has 0 aromatic rings. The third-order valence-corrected chi connectivity index (χ3v) is 5.06. The molecule has 8 heteroatoms. The molecule has 162 valence electrons. The van der Waals surface area contributed by atoms with Crippen LogP contribution < -0.4 is 10.6 Å². The van der Waals surface area contributed by atoms with Crippen molar-refractivity contribution >= 4 is 35.8 Å². The van der Waals surface area contributed by atoms with E-state index in [-0.39, 0.29) is 42.5 Å². The summed E-state index contributed by atoms with van der Waals surface area (Å²) in [4.78, 5) is 20.4. The van der Waals surface area contributed by atoms with E-state index in [2.05, 4.69) is 34.0 Å². The number of amides is 1. The molecule has 2 N–H and O–H groups in total. The smallest absolute Gasteiger partial charge is 0.243 e. The summed E-state index contributed by atoms with van der Waals surface area (Å²) < 4.78 is 5.80. The molecule has 2 heterocycles. The molecule has 0 spiro atoms. The zero-order valence-electron chi connectivity index (χ0n) is 17.7. The lowest BCUT2D eigenvalue weighted by Gasteiger charge is -2.33. The van der Waals surface area contributed by atoms with Crippen molar-refractivity contribution in [2.45, 2.75) is 51.2 Å². The lowest BCUT2D eigenvalue weighted by atomic mass is 10.0. The summed E-state index contributed by atoms with van der Waals surface area (Å²) in [5.74, 6) is 0.721. The van der Waals surface area contributed by atoms with Crippen molar-refractivity contribution in [3.05, 3.63) is 12.2 Å². The number of carbonyl (C=O) groups excluding carboxylic acids is 1. The number of carbonyl (C=O) groups is 1. The second-order valence-electron chi connectivity index (χ2n) is 7.97. The fraction of sp³-hybridized carbons (Fsp3) is 0.800. The SMILES string of the molecule is C=C(C)CN1CCC(NC(=NCC(=O)N(C)C)NCC2CCCCO2)CC1.I. The van der Waals surface area contributed by atoms with Gasteiger partial charge in [0.15, 0.2) is 5.96 Å². The predicted octanol–water partition coefficient (Wildman–Crippen LogP) is 1.84. The van der Waals surface area contributed by atoms with Crippen molar-refractivity contribution in [3.8, 4) is 0 Å². The van der Waals surface area contributed by atoms with Gasteiger partial charge in [0.1, 0.15) is 6.54 Å². The summed E-state index contributed by atoms with van der Waals surface area (Å²) in [6.07, 6.45) is 5.80. The van der Waals surface area contributed by atoms with Gasteiger partial charge in [-0.3, -0.25) is 9.69 Å². The van der Waals surface area contributed by atoms with Crippen LogP contribution in [0.15, 0.2) is 17.1 Å². The van der Waals surface area contributed by atoms with E-state index in [1.807, 2.05) is 0 Å². The Hall–Kier alpha value is -0.870. The van der Waals surface area contributed by atoms with Gasteiger partial charge < -0.3 is 20.3 Å². The fourth-order valence-corrected chi connectivity index (χ4v) is 3.43. The van der Waals surface area contributed by atoms with E-state index in [1.165, 1.54) is 12.0 Å². The first kappa shape index (κ1) is 25.2. The van der Waals surface area contributed by atoms with Gasteiger partial charge in [-0.1, -0.05) is 12.2 Å². The number of ether oxygens (including phenoxy) is 1. The van der Waals surface area contributed by atoms with Crippen molar-refractivity contribution < 1.29 is 9.53 Å². The first-order chi connectivity index (χ1) is 12.9. The van der Waals surface area contributed by atoms with Crippen molar-refractivity contribution in [1.29, 1.82) is 0 Å². The number of nitrogens with zero attached hydrogens (tertiary/aromatic N) is 3. The Morgan fingerprint density at radius 3 is 2.54 bits per heavy atom. The van der Waals surface area contributed by atoms with Gasteiger partial charge >= 0.3 is 0 Å². The van der Waals surface area contributed by atoms with Gasteiger partial charge in [0.05, 0.1) is 6.10 Å². The second-order valence-corrected chi connectivity index (χ2v) is 7.97. The molecule has 0 saturated carbocycles. The highest BCUT2D eigenvalue weighted by Gasteiger charge is 2.21.